The molecule has 0 N–H and O–H groups in total. The van der Waals surface area contributed by atoms with Gasteiger partial charge in [0.2, 0.25) is 0 Å². The van der Waals surface area contributed by atoms with E-state index in [1.807, 2.05) is 0 Å². The molecule has 0 unspecified atom stereocenters. The average molecular weight is 260 g/mol. The normalized spacial score (nSPS) is 24.9. The number of carbonyl (C=O) groups excluding carboxylic acids is 1. The van der Waals surface area contributed by atoms with Crippen LogP contribution >= 0.6 is 0 Å². The summed E-state index contributed by atoms with van der Waals surface area (Å²) in [5.41, 5.74) is 2.74. The van der Waals surface area contributed by atoms with E-state index in [1.165, 1.54) is 18.2 Å². The molecule has 0 radical (unpaired) electrons. The van der Waals surface area contributed by atoms with Gasteiger partial charge in [0.25, 0.3) is 0 Å². The Hall–Kier alpha value is -1.31. The highest BCUT2D eigenvalue weighted by atomic mass is 16.5. The number of carbonyl (C=O) groups is 1. The number of hydrogen-bond donors (Lipinski definition) is 0. The molecule has 2 nitrogen and oxygen atoms in total. The summed E-state index contributed by atoms with van der Waals surface area (Å²) < 4.78 is 4.90. The summed E-state index contributed by atoms with van der Waals surface area (Å²) in [5.74, 6) is 0.196. The van der Waals surface area contributed by atoms with E-state index < -0.39 is 0 Å². The Kier molecular flexibility index (Phi) is 3.24. The Morgan fingerprint density at radius 2 is 1.68 bits per heavy atom. The summed E-state index contributed by atoms with van der Waals surface area (Å²) in [6.45, 7) is 10.9. The fraction of sp³-hybridized carbons (Fsp3) is 0.588. The summed E-state index contributed by atoms with van der Waals surface area (Å²) in [6.07, 6.45) is 0. The van der Waals surface area contributed by atoms with E-state index in [1.54, 1.807) is 0 Å². The van der Waals surface area contributed by atoms with Crippen molar-refractivity contribution in [1.82, 2.24) is 0 Å². The largest absolute Gasteiger partial charge is 0.469 e. The van der Waals surface area contributed by atoms with Crippen molar-refractivity contribution in [1.29, 1.82) is 0 Å². The summed E-state index contributed by atoms with van der Waals surface area (Å²) in [4.78, 5) is 11.8. The second-order valence-electron chi connectivity index (χ2n) is 7.17. The molecule has 0 spiro atoms. The van der Waals surface area contributed by atoms with Crippen molar-refractivity contribution in [3.63, 3.8) is 0 Å². The first-order chi connectivity index (χ1) is 8.69. The lowest BCUT2D eigenvalue weighted by Gasteiger charge is -2.19. The molecule has 19 heavy (non-hydrogen) atoms. The van der Waals surface area contributed by atoms with Gasteiger partial charge in [0.1, 0.15) is 0 Å². The molecule has 104 valence electrons. The zero-order valence-corrected chi connectivity index (χ0v) is 12.8. The summed E-state index contributed by atoms with van der Waals surface area (Å²) in [6, 6.07) is 8.68. The predicted octanol–water partition coefficient (Wildman–Crippen LogP) is 3.90. The second-order valence-corrected chi connectivity index (χ2v) is 7.17. The Labute approximate surface area is 116 Å². The molecule has 1 aromatic carbocycles. The van der Waals surface area contributed by atoms with E-state index in [4.69, 9.17) is 4.74 Å². The van der Waals surface area contributed by atoms with Gasteiger partial charge in [0, 0.05) is 5.92 Å². The molecule has 0 aliphatic heterocycles. The Morgan fingerprint density at radius 1 is 1.16 bits per heavy atom. The van der Waals surface area contributed by atoms with Crippen LogP contribution in [0.4, 0.5) is 0 Å². The molecular formula is C17H24O2. The average Bonchev–Trinajstić information content (AvgIpc) is 2.90. The van der Waals surface area contributed by atoms with Gasteiger partial charge in [-0.05, 0) is 22.0 Å². The molecule has 0 saturated heterocycles. The van der Waals surface area contributed by atoms with Gasteiger partial charge in [-0.25, -0.2) is 0 Å². The molecule has 0 amide bonds. The first-order valence-corrected chi connectivity index (χ1v) is 6.88. The zero-order chi connectivity index (χ0) is 14.4. The lowest BCUT2D eigenvalue weighted by molar-refractivity contribution is -0.143. The summed E-state index contributed by atoms with van der Waals surface area (Å²) >= 11 is 0. The quantitative estimate of drug-likeness (QED) is 0.754. The number of hydrogen-bond acceptors (Lipinski definition) is 2. The summed E-state index contributed by atoms with van der Waals surface area (Å²) in [7, 11) is 1.47. The molecule has 0 aromatic heterocycles. The molecule has 2 heteroatoms. The van der Waals surface area contributed by atoms with Crippen molar-refractivity contribution >= 4 is 5.97 Å². The number of esters is 1. The van der Waals surface area contributed by atoms with E-state index in [9.17, 15) is 4.79 Å². The van der Waals surface area contributed by atoms with Gasteiger partial charge in [-0.3, -0.25) is 4.79 Å². The van der Waals surface area contributed by atoms with Crippen LogP contribution in [-0.2, 0) is 14.9 Å². The predicted molar refractivity (Wildman–Crippen MR) is 77.2 cm³/mol. The highest BCUT2D eigenvalue weighted by Crippen LogP contribution is 2.64. The highest BCUT2D eigenvalue weighted by Gasteiger charge is 2.63. The van der Waals surface area contributed by atoms with Crippen molar-refractivity contribution in [3.05, 3.63) is 35.4 Å². The van der Waals surface area contributed by atoms with E-state index >= 15 is 0 Å². The number of methoxy groups -OCH3 is 1. The van der Waals surface area contributed by atoms with Crippen LogP contribution in [0.15, 0.2) is 24.3 Å². The van der Waals surface area contributed by atoms with Gasteiger partial charge < -0.3 is 4.74 Å². The van der Waals surface area contributed by atoms with Crippen LogP contribution in [0, 0.1) is 11.3 Å². The van der Waals surface area contributed by atoms with Gasteiger partial charge in [-0.2, -0.15) is 0 Å². The minimum atomic E-state index is -0.0881. The van der Waals surface area contributed by atoms with E-state index in [2.05, 4.69) is 58.9 Å². The molecule has 2 atom stereocenters. The van der Waals surface area contributed by atoms with Gasteiger partial charge in [0.15, 0.2) is 0 Å². The minimum absolute atomic E-state index is 0.00186. The first-order valence-electron chi connectivity index (χ1n) is 6.88. The molecule has 1 saturated carbocycles. The Morgan fingerprint density at radius 3 is 2.11 bits per heavy atom. The highest BCUT2D eigenvalue weighted by molar-refractivity contribution is 5.79. The SMILES string of the molecule is COC(=O)[C@H]1[C@H](c2ccc(C(C)(C)C)cc2)C1(C)C. The van der Waals surface area contributed by atoms with Crippen molar-refractivity contribution in [2.45, 2.75) is 46.0 Å². The number of rotatable bonds is 2. The van der Waals surface area contributed by atoms with Crippen LogP contribution < -0.4 is 0 Å². The fourth-order valence-electron chi connectivity index (χ4n) is 3.02. The van der Waals surface area contributed by atoms with Crippen LogP contribution in [0.25, 0.3) is 0 Å². The molecule has 1 aromatic rings. The van der Waals surface area contributed by atoms with Gasteiger partial charge in [-0.15, -0.1) is 0 Å². The first kappa shape index (κ1) is 14.1. The topological polar surface area (TPSA) is 26.3 Å². The van der Waals surface area contributed by atoms with Gasteiger partial charge >= 0.3 is 5.97 Å². The monoisotopic (exact) mass is 260 g/mol. The molecule has 1 aliphatic carbocycles. The molecule has 1 aliphatic rings. The number of ether oxygens (including phenoxy) is 1. The van der Waals surface area contributed by atoms with E-state index in [0.29, 0.717) is 0 Å². The third kappa shape index (κ3) is 2.41. The van der Waals surface area contributed by atoms with E-state index in [-0.39, 0.29) is 28.6 Å². The maximum Gasteiger partial charge on any atom is 0.309 e. The third-order valence-corrected chi connectivity index (χ3v) is 4.42. The molecule has 1 fully saturated rings. The second kappa shape index (κ2) is 4.36. The molecule has 0 bridgehead atoms. The third-order valence-electron chi connectivity index (χ3n) is 4.42. The fourth-order valence-corrected chi connectivity index (χ4v) is 3.02. The molecule has 0 heterocycles. The van der Waals surface area contributed by atoms with Crippen LogP contribution in [0.3, 0.4) is 0 Å². The Bertz CT molecular complexity index is 477. The maximum absolute atomic E-state index is 11.8. The molecule has 2 rings (SSSR count). The maximum atomic E-state index is 11.8. The van der Waals surface area contributed by atoms with Crippen LogP contribution in [0.1, 0.15) is 51.7 Å². The van der Waals surface area contributed by atoms with Crippen molar-refractivity contribution in [2.24, 2.45) is 11.3 Å². The minimum Gasteiger partial charge on any atom is -0.469 e. The van der Waals surface area contributed by atoms with Crippen LogP contribution in [0.5, 0.6) is 0 Å². The van der Waals surface area contributed by atoms with Crippen molar-refractivity contribution in [2.75, 3.05) is 7.11 Å². The van der Waals surface area contributed by atoms with Gasteiger partial charge in [0.05, 0.1) is 13.0 Å². The van der Waals surface area contributed by atoms with Crippen molar-refractivity contribution in [3.8, 4) is 0 Å². The lowest BCUT2D eigenvalue weighted by atomic mass is 9.86. The summed E-state index contributed by atoms with van der Waals surface area (Å²) in [5, 5.41) is 0. The van der Waals surface area contributed by atoms with Gasteiger partial charge in [-0.1, -0.05) is 58.9 Å². The standard InChI is InChI=1S/C17H24O2/c1-16(2,3)12-9-7-11(8-10-12)13-14(15(18)19-6)17(13,4)5/h7-10,13-14H,1-6H3/t13-,14+/m0/s1. The van der Waals surface area contributed by atoms with Crippen LogP contribution in [0.2, 0.25) is 0 Å². The lowest BCUT2D eigenvalue weighted by Crippen LogP contribution is -2.10. The number of benzene rings is 1. The Balaban J connectivity index is 2.23. The van der Waals surface area contributed by atoms with E-state index in [0.717, 1.165) is 0 Å². The van der Waals surface area contributed by atoms with Crippen LogP contribution in [-0.4, -0.2) is 13.1 Å². The van der Waals surface area contributed by atoms with Crippen molar-refractivity contribution < 1.29 is 9.53 Å². The zero-order valence-electron chi connectivity index (χ0n) is 12.8. The smallest absolute Gasteiger partial charge is 0.309 e. The molecular weight excluding hydrogens is 236 g/mol.